The molecule has 2 aromatic rings. The highest BCUT2D eigenvalue weighted by Crippen LogP contribution is 2.13. The monoisotopic (exact) mass is 246 g/mol. The number of aliphatic carboxylic acids is 1. The van der Waals surface area contributed by atoms with Crippen LogP contribution in [0.3, 0.4) is 0 Å². The minimum atomic E-state index is -0.796. The highest BCUT2D eigenvalue weighted by atomic mass is 16.4. The van der Waals surface area contributed by atoms with Crippen molar-refractivity contribution in [3.05, 3.63) is 46.3 Å². The van der Waals surface area contributed by atoms with Crippen molar-refractivity contribution in [2.45, 2.75) is 25.7 Å². The van der Waals surface area contributed by atoms with Crippen LogP contribution in [0.25, 0.3) is 11.0 Å². The van der Waals surface area contributed by atoms with Crippen LogP contribution in [-0.4, -0.2) is 11.1 Å². The molecule has 1 aromatic heterocycles. The normalized spacial score (nSPS) is 10.7. The lowest BCUT2D eigenvalue weighted by Gasteiger charge is -2.02. The van der Waals surface area contributed by atoms with Gasteiger partial charge in [0.05, 0.1) is 5.39 Å². The van der Waals surface area contributed by atoms with Gasteiger partial charge in [-0.2, -0.15) is 0 Å². The molecule has 0 radical (unpaired) electrons. The summed E-state index contributed by atoms with van der Waals surface area (Å²) in [6.07, 6.45) is 2.03. The lowest BCUT2D eigenvalue weighted by molar-refractivity contribution is -0.137. The Morgan fingerprint density at radius 3 is 2.78 bits per heavy atom. The summed E-state index contributed by atoms with van der Waals surface area (Å²) in [6.45, 7) is 0. The molecular formula is C14H14O4. The molecule has 1 heterocycles. The fourth-order valence-electron chi connectivity index (χ4n) is 1.85. The Kier molecular flexibility index (Phi) is 3.77. The Morgan fingerprint density at radius 1 is 1.22 bits per heavy atom. The summed E-state index contributed by atoms with van der Waals surface area (Å²) in [5.41, 5.74) is 0.531. The largest absolute Gasteiger partial charge is 0.481 e. The van der Waals surface area contributed by atoms with Crippen LogP contribution >= 0.6 is 0 Å². The number of rotatable bonds is 5. The quantitative estimate of drug-likeness (QED) is 0.823. The number of fused-ring (bicyclic) bond motifs is 1. The smallest absolute Gasteiger partial charge is 0.303 e. The number of benzene rings is 1. The van der Waals surface area contributed by atoms with Crippen molar-refractivity contribution in [3.63, 3.8) is 0 Å². The molecule has 0 unspecified atom stereocenters. The molecule has 4 nitrogen and oxygen atoms in total. The first kappa shape index (κ1) is 12.4. The molecule has 0 aliphatic rings. The van der Waals surface area contributed by atoms with Crippen LogP contribution in [0.15, 0.2) is 39.5 Å². The van der Waals surface area contributed by atoms with E-state index in [1.54, 1.807) is 18.2 Å². The molecule has 0 saturated heterocycles. The lowest BCUT2D eigenvalue weighted by atomic mass is 10.1. The summed E-state index contributed by atoms with van der Waals surface area (Å²) >= 11 is 0. The average molecular weight is 246 g/mol. The van der Waals surface area contributed by atoms with Crippen molar-refractivity contribution in [1.29, 1.82) is 0 Å². The van der Waals surface area contributed by atoms with E-state index >= 15 is 0 Å². The zero-order chi connectivity index (χ0) is 13.0. The van der Waals surface area contributed by atoms with Crippen LogP contribution in [0, 0.1) is 0 Å². The van der Waals surface area contributed by atoms with Gasteiger partial charge in [0.1, 0.15) is 11.3 Å². The third kappa shape index (κ3) is 2.97. The Labute approximate surface area is 104 Å². The third-order valence-electron chi connectivity index (χ3n) is 2.75. The fourth-order valence-corrected chi connectivity index (χ4v) is 1.85. The first-order chi connectivity index (χ1) is 8.66. The fraction of sp³-hybridized carbons (Fsp3) is 0.286. The molecule has 0 spiro atoms. The highest BCUT2D eigenvalue weighted by molar-refractivity contribution is 5.76. The van der Waals surface area contributed by atoms with Crippen LogP contribution in [0.1, 0.15) is 25.0 Å². The van der Waals surface area contributed by atoms with Gasteiger partial charge in [0.2, 0.25) is 0 Å². The molecule has 0 aliphatic carbocycles. The van der Waals surface area contributed by atoms with Gasteiger partial charge in [-0.25, -0.2) is 0 Å². The molecular weight excluding hydrogens is 232 g/mol. The van der Waals surface area contributed by atoms with Gasteiger partial charge in [0.15, 0.2) is 5.43 Å². The average Bonchev–Trinajstić information content (AvgIpc) is 2.35. The molecule has 0 saturated carbocycles. The van der Waals surface area contributed by atoms with E-state index in [0.717, 1.165) is 0 Å². The second-order valence-electron chi connectivity index (χ2n) is 4.17. The minimum absolute atomic E-state index is 0.0508. The highest BCUT2D eigenvalue weighted by Gasteiger charge is 2.04. The van der Waals surface area contributed by atoms with Crippen LogP contribution in [0.4, 0.5) is 0 Å². The predicted octanol–water partition coefficient (Wildman–Crippen LogP) is 2.59. The van der Waals surface area contributed by atoms with Gasteiger partial charge in [-0.05, 0) is 25.0 Å². The van der Waals surface area contributed by atoms with Crippen LogP contribution in [0.5, 0.6) is 0 Å². The van der Waals surface area contributed by atoms with Gasteiger partial charge < -0.3 is 9.52 Å². The molecule has 0 fully saturated rings. The molecule has 0 aliphatic heterocycles. The maximum absolute atomic E-state index is 11.8. The van der Waals surface area contributed by atoms with E-state index in [9.17, 15) is 9.59 Å². The zero-order valence-corrected chi connectivity index (χ0v) is 9.89. The van der Waals surface area contributed by atoms with Crippen molar-refractivity contribution in [2.24, 2.45) is 0 Å². The summed E-state index contributed by atoms with van der Waals surface area (Å²) in [5.74, 6) is -0.181. The van der Waals surface area contributed by atoms with Gasteiger partial charge >= 0.3 is 5.97 Å². The number of para-hydroxylation sites is 1. The number of carboxylic acids is 1. The first-order valence-corrected chi connectivity index (χ1v) is 5.90. The van der Waals surface area contributed by atoms with Crippen molar-refractivity contribution in [3.8, 4) is 0 Å². The van der Waals surface area contributed by atoms with Crippen LogP contribution in [-0.2, 0) is 11.2 Å². The van der Waals surface area contributed by atoms with Gasteiger partial charge in [-0.1, -0.05) is 12.1 Å². The van der Waals surface area contributed by atoms with E-state index in [0.29, 0.717) is 36.0 Å². The molecule has 2 rings (SSSR count). The first-order valence-electron chi connectivity index (χ1n) is 5.90. The maximum atomic E-state index is 11.8. The van der Waals surface area contributed by atoms with Crippen molar-refractivity contribution < 1.29 is 14.3 Å². The topological polar surface area (TPSA) is 67.5 Å². The predicted molar refractivity (Wildman–Crippen MR) is 67.7 cm³/mol. The van der Waals surface area contributed by atoms with E-state index < -0.39 is 5.97 Å². The van der Waals surface area contributed by atoms with Gasteiger partial charge in [0, 0.05) is 18.9 Å². The van der Waals surface area contributed by atoms with Gasteiger partial charge in [0.25, 0.3) is 0 Å². The molecule has 1 aromatic carbocycles. The van der Waals surface area contributed by atoms with Crippen LogP contribution < -0.4 is 5.43 Å². The third-order valence-corrected chi connectivity index (χ3v) is 2.75. The Balaban J connectivity index is 2.10. The lowest BCUT2D eigenvalue weighted by Crippen LogP contribution is -2.02. The number of hydrogen-bond donors (Lipinski definition) is 1. The summed E-state index contributed by atoms with van der Waals surface area (Å²) in [5, 5.41) is 9.10. The van der Waals surface area contributed by atoms with Gasteiger partial charge in [-0.3, -0.25) is 9.59 Å². The zero-order valence-electron chi connectivity index (χ0n) is 9.89. The summed E-state index contributed by atoms with van der Waals surface area (Å²) < 4.78 is 5.60. The second kappa shape index (κ2) is 5.49. The van der Waals surface area contributed by atoms with Crippen molar-refractivity contribution >= 4 is 16.9 Å². The summed E-state index contributed by atoms with van der Waals surface area (Å²) in [6, 6.07) is 8.60. The molecule has 0 amide bonds. The van der Waals surface area contributed by atoms with Crippen LogP contribution in [0.2, 0.25) is 0 Å². The van der Waals surface area contributed by atoms with E-state index in [-0.39, 0.29) is 11.8 Å². The van der Waals surface area contributed by atoms with Gasteiger partial charge in [-0.15, -0.1) is 0 Å². The van der Waals surface area contributed by atoms with Crippen molar-refractivity contribution in [1.82, 2.24) is 0 Å². The molecule has 0 atom stereocenters. The maximum Gasteiger partial charge on any atom is 0.303 e. The molecule has 18 heavy (non-hydrogen) atoms. The second-order valence-corrected chi connectivity index (χ2v) is 4.17. The molecule has 94 valence electrons. The Morgan fingerprint density at radius 2 is 2.00 bits per heavy atom. The Bertz CT molecular complexity index is 612. The SMILES string of the molecule is O=C(O)CCCCc1cc(=O)c2ccccc2o1. The number of aryl methyl sites for hydroxylation is 1. The standard InChI is InChI=1S/C14H14O4/c15-12-9-10(5-1-4-8-14(16)17)18-13-7-3-2-6-11(12)13/h2-3,6-7,9H,1,4-5,8H2,(H,16,17). The van der Waals surface area contributed by atoms with E-state index in [1.165, 1.54) is 6.07 Å². The number of carboxylic acid groups (broad SMARTS) is 1. The number of unbranched alkanes of at least 4 members (excludes halogenated alkanes) is 1. The number of hydrogen-bond acceptors (Lipinski definition) is 3. The van der Waals surface area contributed by atoms with Crippen molar-refractivity contribution in [2.75, 3.05) is 0 Å². The van der Waals surface area contributed by atoms with E-state index in [1.807, 2.05) is 6.07 Å². The summed E-state index contributed by atoms with van der Waals surface area (Å²) in [7, 11) is 0. The number of carbonyl (C=O) groups is 1. The molecule has 1 N–H and O–H groups in total. The van der Waals surface area contributed by atoms with E-state index in [2.05, 4.69) is 0 Å². The minimum Gasteiger partial charge on any atom is -0.481 e. The molecule has 4 heteroatoms. The molecule has 0 bridgehead atoms. The Hall–Kier alpha value is -2.10. The summed E-state index contributed by atoms with van der Waals surface area (Å²) in [4.78, 5) is 22.2. The van der Waals surface area contributed by atoms with E-state index in [4.69, 9.17) is 9.52 Å².